The number of non-ortho nitro benzene ring substituents is 1. The molecular formula is C15H14BrN3O5S. The summed E-state index contributed by atoms with van der Waals surface area (Å²) in [6.07, 6.45) is 1.80. The molecule has 1 aliphatic heterocycles. The number of sulfonamides is 1. The van der Waals surface area contributed by atoms with Gasteiger partial charge in [0.05, 0.1) is 16.4 Å². The Bertz CT molecular complexity index is 888. The Labute approximate surface area is 152 Å². The third-order valence-electron chi connectivity index (χ3n) is 3.76. The van der Waals surface area contributed by atoms with Gasteiger partial charge in [-0.2, -0.15) is 4.31 Å². The van der Waals surface area contributed by atoms with Crippen LogP contribution in [0.25, 0.3) is 0 Å². The van der Waals surface area contributed by atoms with Crippen LogP contribution in [0.4, 0.5) is 5.69 Å². The molecule has 10 heteroatoms. The largest absolute Gasteiger partial charge is 0.473 e. The number of benzene rings is 1. The molecule has 0 radical (unpaired) electrons. The summed E-state index contributed by atoms with van der Waals surface area (Å²) in [6.45, 7) is 0.453. The number of aromatic nitrogens is 1. The minimum absolute atomic E-state index is 0.0934. The summed E-state index contributed by atoms with van der Waals surface area (Å²) >= 11 is 3.28. The van der Waals surface area contributed by atoms with Crippen molar-refractivity contribution in [2.75, 3.05) is 13.1 Å². The van der Waals surface area contributed by atoms with Crippen LogP contribution in [0.1, 0.15) is 6.42 Å². The Morgan fingerprint density at radius 1 is 1.32 bits per heavy atom. The maximum absolute atomic E-state index is 12.7. The van der Waals surface area contributed by atoms with E-state index in [4.69, 9.17) is 4.74 Å². The lowest BCUT2D eigenvalue weighted by Crippen LogP contribution is -2.31. The first kappa shape index (κ1) is 17.8. The van der Waals surface area contributed by atoms with Gasteiger partial charge in [-0.05, 0) is 34.5 Å². The van der Waals surface area contributed by atoms with Gasteiger partial charge in [0, 0.05) is 35.4 Å². The van der Waals surface area contributed by atoms with E-state index in [1.807, 2.05) is 0 Å². The van der Waals surface area contributed by atoms with Gasteiger partial charge in [0.15, 0.2) is 0 Å². The maximum atomic E-state index is 12.7. The maximum Gasteiger partial charge on any atom is 0.270 e. The highest BCUT2D eigenvalue weighted by molar-refractivity contribution is 9.10. The fourth-order valence-electron chi connectivity index (χ4n) is 2.52. The van der Waals surface area contributed by atoms with E-state index in [0.29, 0.717) is 12.3 Å². The number of hydrogen-bond acceptors (Lipinski definition) is 6. The van der Waals surface area contributed by atoms with Crippen molar-refractivity contribution in [3.05, 3.63) is 57.2 Å². The third kappa shape index (κ3) is 3.97. The van der Waals surface area contributed by atoms with Crippen LogP contribution in [0.5, 0.6) is 5.88 Å². The number of rotatable bonds is 5. The average molecular weight is 428 g/mol. The molecule has 0 saturated carbocycles. The first-order valence-electron chi connectivity index (χ1n) is 7.39. The summed E-state index contributed by atoms with van der Waals surface area (Å²) in [5.74, 6) is 0.419. The van der Waals surface area contributed by atoms with Crippen molar-refractivity contribution in [3.8, 4) is 5.88 Å². The summed E-state index contributed by atoms with van der Waals surface area (Å²) in [6, 6.07) is 8.53. The molecule has 1 saturated heterocycles. The number of halogens is 1. The van der Waals surface area contributed by atoms with Crippen molar-refractivity contribution < 1.29 is 18.1 Å². The van der Waals surface area contributed by atoms with Crippen LogP contribution in [0.15, 0.2) is 52.0 Å². The Balaban J connectivity index is 1.73. The second kappa shape index (κ2) is 7.06. The van der Waals surface area contributed by atoms with E-state index in [2.05, 4.69) is 20.9 Å². The zero-order valence-corrected chi connectivity index (χ0v) is 15.3. The number of nitrogens with zero attached hydrogens (tertiary/aromatic N) is 3. The van der Waals surface area contributed by atoms with Gasteiger partial charge in [0.2, 0.25) is 15.9 Å². The molecule has 1 aliphatic rings. The molecule has 3 rings (SSSR count). The fraction of sp³-hybridized carbons (Fsp3) is 0.267. The van der Waals surface area contributed by atoms with Gasteiger partial charge in [-0.1, -0.05) is 6.07 Å². The molecule has 1 atom stereocenters. The Morgan fingerprint density at radius 2 is 2.12 bits per heavy atom. The number of nitro benzene ring substituents is 1. The normalized spacial score (nSPS) is 18.2. The minimum atomic E-state index is -3.81. The third-order valence-corrected chi connectivity index (χ3v) is 6.09. The molecule has 0 bridgehead atoms. The smallest absolute Gasteiger partial charge is 0.270 e. The van der Waals surface area contributed by atoms with Gasteiger partial charge in [-0.3, -0.25) is 10.1 Å². The zero-order chi connectivity index (χ0) is 18.0. The molecular weight excluding hydrogens is 414 g/mol. The first-order chi connectivity index (χ1) is 11.9. The monoisotopic (exact) mass is 427 g/mol. The molecule has 1 aromatic heterocycles. The second-order valence-corrected chi connectivity index (χ2v) is 8.31. The molecule has 2 aromatic rings. The number of nitro groups is 1. The Kier molecular flexibility index (Phi) is 5.02. The van der Waals surface area contributed by atoms with Gasteiger partial charge in [-0.25, -0.2) is 13.4 Å². The molecule has 8 nitrogen and oxygen atoms in total. The van der Waals surface area contributed by atoms with Gasteiger partial charge in [0.25, 0.3) is 5.69 Å². The van der Waals surface area contributed by atoms with Crippen molar-refractivity contribution in [2.24, 2.45) is 0 Å². The van der Waals surface area contributed by atoms with E-state index in [0.717, 1.165) is 10.5 Å². The van der Waals surface area contributed by atoms with Gasteiger partial charge >= 0.3 is 0 Å². The fourth-order valence-corrected chi connectivity index (χ4v) is 4.28. The van der Waals surface area contributed by atoms with E-state index in [-0.39, 0.29) is 29.8 Å². The summed E-state index contributed by atoms with van der Waals surface area (Å²) in [5, 5.41) is 10.8. The zero-order valence-electron chi connectivity index (χ0n) is 12.9. The highest BCUT2D eigenvalue weighted by atomic mass is 79.9. The van der Waals surface area contributed by atoms with Gasteiger partial charge in [0.1, 0.15) is 6.10 Å². The standard InChI is InChI=1S/C15H14BrN3O5S/c16-11-4-5-15(17-9-11)24-13-6-7-18(10-13)25(22,23)14-3-1-2-12(8-14)19(20)21/h1-5,8-9,13H,6-7,10H2. The number of pyridine rings is 1. The average Bonchev–Trinajstić information content (AvgIpc) is 3.06. The Morgan fingerprint density at radius 3 is 2.80 bits per heavy atom. The van der Waals surface area contributed by atoms with Crippen LogP contribution in [-0.4, -0.2) is 41.8 Å². The van der Waals surface area contributed by atoms with Crippen molar-refractivity contribution >= 4 is 31.6 Å². The molecule has 25 heavy (non-hydrogen) atoms. The van der Waals surface area contributed by atoms with Crippen molar-refractivity contribution in [1.82, 2.24) is 9.29 Å². The van der Waals surface area contributed by atoms with Gasteiger partial charge < -0.3 is 4.74 Å². The van der Waals surface area contributed by atoms with Crippen LogP contribution in [0.2, 0.25) is 0 Å². The molecule has 0 spiro atoms. The number of hydrogen-bond donors (Lipinski definition) is 0. The quantitative estimate of drug-likeness (QED) is 0.536. The first-order valence-corrected chi connectivity index (χ1v) is 9.62. The van der Waals surface area contributed by atoms with E-state index in [9.17, 15) is 18.5 Å². The summed E-state index contributed by atoms with van der Waals surface area (Å²) in [4.78, 5) is 14.2. The predicted octanol–water partition coefficient (Wildman–Crippen LogP) is 2.59. The van der Waals surface area contributed by atoms with Crippen LogP contribution in [0, 0.1) is 10.1 Å². The van der Waals surface area contributed by atoms with E-state index in [1.165, 1.54) is 22.5 Å². The minimum Gasteiger partial charge on any atom is -0.473 e. The number of ether oxygens (including phenoxy) is 1. The highest BCUT2D eigenvalue weighted by Gasteiger charge is 2.34. The summed E-state index contributed by atoms with van der Waals surface area (Å²) in [7, 11) is -3.81. The molecule has 0 aliphatic carbocycles. The van der Waals surface area contributed by atoms with E-state index >= 15 is 0 Å². The highest BCUT2D eigenvalue weighted by Crippen LogP contribution is 2.26. The second-order valence-electron chi connectivity index (χ2n) is 5.46. The van der Waals surface area contributed by atoms with Crippen LogP contribution in [0.3, 0.4) is 0 Å². The predicted molar refractivity (Wildman–Crippen MR) is 92.8 cm³/mol. The van der Waals surface area contributed by atoms with Crippen molar-refractivity contribution in [1.29, 1.82) is 0 Å². The molecule has 132 valence electrons. The van der Waals surface area contributed by atoms with Crippen LogP contribution < -0.4 is 4.74 Å². The molecule has 2 heterocycles. The molecule has 0 N–H and O–H groups in total. The molecule has 1 aromatic carbocycles. The Hall–Kier alpha value is -2.04. The molecule has 0 amide bonds. The lowest BCUT2D eigenvalue weighted by atomic mass is 10.3. The molecule has 1 fully saturated rings. The van der Waals surface area contributed by atoms with Gasteiger partial charge in [-0.15, -0.1) is 0 Å². The van der Waals surface area contributed by atoms with Crippen LogP contribution in [-0.2, 0) is 10.0 Å². The lowest BCUT2D eigenvalue weighted by molar-refractivity contribution is -0.385. The lowest BCUT2D eigenvalue weighted by Gasteiger charge is -2.17. The SMILES string of the molecule is O=[N+]([O-])c1cccc(S(=O)(=O)N2CCC(Oc3ccc(Br)cn3)C2)c1. The van der Waals surface area contributed by atoms with Crippen molar-refractivity contribution in [3.63, 3.8) is 0 Å². The summed E-state index contributed by atoms with van der Waals surface area (Å²) in [5.41, 5.74) is -0.257. The van der Waals surface area contributed by atoms with Crippen LogP contribution >= 0.6 is 15.9 Å². The van der Waals surface area contributed by atoms with E-state index in [1.54, 1.807) is 18.3 Å². The topological polar surface area (TPSA) is 103 Å². The summed E-state index contributed by atoms with van der Waals surface area (Å²) < 4.78 is 33.2. The molecule has 1 unspecified atom stereocenters. The van der Waals surface area contributed by atoms with E-state index < -0.39 is 14.9 Å². The van der Waals surface area contributed by atoms with Crippen molar-refractivity contribution in [2.45, 2.75) is 17.4 Å².